The maximum absolute atomic E-state index is 4.80. The normalized spacial score (nSPS) is 13.6. The summed E-state index contributed by atoms with van der Waals surface area (Å²) in [6.45, 7) is 8.85. The van der Waals surface area contributed by atoms with Gasteiger partial charge >= 0.3 is 0 Å². The van der Waals surface area contributed by atoms with E-state index in [0.717, 1.165) is 17.5 Å². The Labute approximate surface area is 97.1 Å². The van der Waals surface area contributed by atoms with E-state index in [1.807, 2.05) is 0 Å². The fourth-order valence-corrected chi connectivity index (χ4v) is 1.96. The summed E-state index contributed by atoms with van der Waals surface area (Å²) in [6, 6.07) is 4.28. The molecule has 0 aromatic carbocycles. The van der Waals surface area contributed by atoms with Crippen LogP contribution in [-0.4, -0.2) is 9.97 Å². The van der Waals surface area contributed by atoms with Crippen molar-refractivity contribution >= 4 is 11.0 Å². The molecule has 2 nitrogen and oxygen atoms in total. The van der Waals surface area contributed by atoms with E-state index in [1.165, 1.54) is 11.3 Å². The Morgan fingerprint density at radius 1 is 1.25 bits per heavy atom. The van der Waals surface area contributed by atoms with Crippen molar-refractivity contribution < 1.29 is 0 Å². The van der Waals surface area contributed by atoms with Gasteiger partial charge in [0.05, 0.1) is 11.0 Å². The average molecular weight is 216 g/mol. The van der Waals surface area contributed by atoms with Gasteiger partial charge in [-0.15, -0.1) is 0 Å². The second-order valence-electron chi connectivity index (χ2n) is 4.84. The van der Waals surface area contributed by atoms with E-state index >= 15 is 0 Å². The molecule has 0 aliphatic carbocycles. The van der Waals surface area contributed by atoms with E-state index < -0.39 is 0 Å². The van der Waals surface area contributed by atoms with Gasteiger partial charge in [-0.2, -0.15) is 0 Å². The molecule has 0 fully saturated rings. The zero-order valence-electron chi connectivity index (χ0n) is 10.5. The van der Waals surface area contributed by atoms with Crippen molar-refractivity contribution in [3.8, 4) is 0 Å². The Kier molecular flexibility index (Phi) is 2.99. The Bertz CT molecular complexity index is 482. The summed E-state index contributed by atoms with van der Waals surface area (Å²) in [4.78, 5) is 8.09. The van der Waals surface area contributed by atoms with Crippen molar-refractivity contribution in [3.05, 3.63) is 29.6 Å². The van der Waals surface area contributed by atoms with Gasteiger partial charge in [-0.3, -0.25) is 4.98 Å². The molecule has 1 N–H and O–H groups in total. The number of nitrogens with zero attached hydrogens (tertiary/aromatic N) is 1. The fraction of sp³-hybridized carbons (Fsp3) is 0.500. The number of aromatic nitrogens is 2. The Morgan fingerprint density at radius 2 is 2.00 bits per heavy atom. The van der Waals surface area contributed by atoms with Gasteiger partial charge in [-0.05, 0) is 36.0 Å². The SMILES string of the molecule is CCC(C)c1ccc2[nH]cc(C(C)C)c2n1. The zero-order valence-corrected chi connectivity index (χ0v) is 10.5. The van der Waals surface area contributed by atoms with E-state index in [-0.39, 0.29) is 0 Å². The molecule has 0 aliphatic heterocycles. The first kappa shape index (κ1) is 11.2. The van der Waals surface area contributed by atoms with Crippen LogP contribution in [0.4, 0.5) is 0 Å². The van der Waals surface area contributed by atoms with Crippen LogP contribution in [0, 0.1) is 0 Å². The topological polar surface area (TPSA) is 28.7 Å². The minimum Gasteiger partial charge on any atom is -0.360 e. The molecule has 2 aromatic heterocycles. The quantitative estimate of drug-likeness (QED) is 0.818. The minimum absolute atomic E-state index is 0.522. The molecule has 86 valence electrons. The molecular formula is C14H20N2. The molecule has 0 saturated heterocycles. The van der Waals surface area contributed by atoms with Gasteiger partial charge in [-0.25, -0.2) is 0 Å². The van der Waals surface area contributed by atoms with Crippen molar-refractivity contribution in [2.24, 2.45) is 0 Å². The number of rotatable bonds is 3. The van der Waals surface area contributed by atoms with Gasteiger partial charge in [0.2, 0.25) is 0 Å². The van der Waals surface area contributed by atoms with Crippen LogP contribution >= 0.6 is 0 Å². The molecule has 0 aliphatic rings. The van der Waals surface area contributed by atoms with Crippen LogP contribution in [0.5, 0.6) is 0 Å². The summed E-state index contributed by atoms with van der Waals surface area (Å²) in [5.74, 6) is 1.06. The lowest BCUT2D eigenvalue weighted by Gasteiger charge is -2.09. The van der Waals surface area contributed by atoms with E-state index in [2.05, 4.69) is 51.0 Å². The predicted octanol–water partition coefficient (Wildman–Crippen LogP) is 4.20. The highest BCUT2D eigenvalue weighted by Gasteiger charge is 2.11. The van der Waals surface area contributed by atoms with Crippen molar-refractivity contribution in [3.63, 3.8) is 0 Å². The number of nitrogens with one attached hydrogen (secondary N) is 1. The molecule has 16 heavy (non-hydrogen) atoms. The second-order valence-corrected chi connectivity index (χ2v) is 4.84. The van der Waals surface area contributed by atoms with E-state index in [4.69, 9.17) is 4.98 Å². The van der Waals surface area contributed by atoms with Crippen molar-refractivity contribution in [1.29, 1.82) is 0 Å². The first-order valence-electron chi connectivity index (χ1n) is 6.11. The lowest BCUT2D eigenvalue weighted by Crippen LogP contribution is -1.96. The van der Waals surface area contributed by atoms with Crippen LogP contribution < -0.4 is 0 Å². The number of fused-ring (bicyclic) bond motifs is 1. The van der Waals surface area contributed by atoms with Crippen molar-refractivity contribution in [1.82, 2.24) is 9.97 Å². The summed E-state index contributed by atoms with van der Waals surface area (Å²) in [5.41, 5.74) is 4.82. The zero-order chi connectivity index (χ0) is 11.7. The molecule has 2 heteroatoms. The lowest BCUT2D eigenvalue weighted by atomic mass is 10.0. The summed E-state index contributed by atoms with van der Waals surface area (Å²) in [5, 5.41) is 0. The largest absolute Gasteiger partial charge is 0.360 e. The molecule has 2 rings (SSSR count). The smallest absolute Gasteiger partial charge is 0.0916 e. The third-order valence-corrected chi connectivity index (χ3v) is 3.31. The van der Waals surface area contributed by atoms with Crippen LogP contribution in [0.1, 0.15) is 57.2 Å². The van der Waals surface area contributed by atoms with E-state index in [9.17, 15) is 0 Å². The molecule has 1 atom stereocenters. The summed E-state index contributed by atoms with van der Waals surface area (Å²) >= 11 is 0. The van der Waals surface area contributed by atoms with Crippen LogP contribution in [0.3, 0.4) is 0 Å². The number of H-pyrrole nitrogens is 1. The van der Waals surface area contributed by atoms with Crippen LogP contribution in [0.25, 0.3) is 11.0 Å². The maximum atomic E-state index is 4.80. The molecule has 0 spiro atoms. The molecule has 0 amide bonds. The lowest BCUT2D eigenvalue weighted by molar-refractivity contribution is 0.711. The fourth-order valence-electron chi connectivity index (χ4n) is 1.96. The Morgan fingerprint density at radius 3 is 2.62 bits per heavy atom. The van der Waals surface area contributed by atoms with E-state index in [1.54, 1.807) is 0 Å². The second kappa shape index (κ2) is 4.28. The Hall–Kier alpha value is -1.31. The Balaban J connectivity index is 2.54. The highest BCUT2D eigenvalue weighted by atomic mass is 14.8. The molecular weight excluding hydrogens is 196 g/mol. The summed E-state index contributed by atoms with van der Waals surface area (Å²) < 4.78 is 0. The average Bonchev–Trinajstić information content (AvgIpc) is 2.70. The van der Waals surface area contributed by atoms with Gasteiger partial charge < -0.3 is 4.98 Å². The molecule has 0 bridgehead atoms. The first-order valence-corrected chi connectivity index (χ1v) is 6.11. The van der Waals surface area contributed by atoms with E-state index in [0.29, 0.717) is 11.8 Å². The first-order chi connectivity index (χ1) is 7.63. The molecule has 0 radical (unpaired) electrons. The molecule has 1 unspecified atom stereocenters. The van der Waals surface area contributed by atoms with Gasteiger partial charge in [0.25, 0.3) is 0 Å². The predicted molar refractivity (Wildman–Crippen MR) is 68.9 cm³/mol. The van der Waals surface area contributed by atoms with Gasteiger partial charge in [0, 0.05) is 11.9 Å². The van der Waals surface area contributed by atoms with Gasteiger partial charge in [-0.1, -0.05) is 27.7 Å². The maximum Gasteiger partial charge on any atom is 0.0916 e. The highest BCUT2D eigenvalue weighted by Crippen LogP contribution is 2.26. The number of aromatic amines is 1. The summed E-state index contributed by atoms with van der Waals surface area (Å²) in [7, 11) is 0. The van der Waals surface area contributed by atoms with Crippen molar-refractivity contribution in [2.45, 2.75) is 46.0 Å². The molecule has 2 heterocycles. The number of hydrogen-bond acceptors (Lipinski definition) is 1. The van der Waals surface area contributed by atoms with Crippen LogP contribution in [-0.2, 0) is 0 Å². The molecule has 0 saturated carbocycles. The van der Waals surface area contributed by atoms with Crippen LogP contribution in [0.2, 0.25) is 0 Å². The monoisotopic (exact) mass is 216 g/mol. The molecule has 2 aromatic rings. The third-order valence-electron chi connectivity index (χ3n) is 3.31. The van der Waals surface area contributed by atoms with Crippen molar-refractivity contribution in [2.75, 3.05) is 0 Å². The van der Waals surface area contributed by atoms with Gasteiger partial charge in [0.1, 0.15) is 0 Å². The summed E-state index contributed by atoms with van der Waals surface area (Å²) in [6.07, 6.45) is 3.22. The van der Waals surface area contributed by atoms with Gasteiger partial charge in [0.15, 0.2) is 0 Å². The highest BCUT2D eigenvalue weighted by molar-refractivity contribution is 5.79. The number of hydrogen-bond donors (Lipinski definition) is 1. The minimum atomic E-state index is 0.522. The van der Waals surface area contributed by atoms with Crippen LogP contribution in [0.15, 0.2) is 18.3 Å². The third kappa shape index (κ3) is 1.84. The number of pyridine rings is 1. The standard InChI is InChI=1S/C14H20N2/c1-5-10(4)12-6-7-13-14(16-12)11(8-15-13)9(2)3/h6-10,15H,5H2,1-4H3.